The number of Topliss-reactive ketones (excluding diaryl/α,β-unsaturated/α-hetero) is 1. The van der Waals surface area contributed by atoms with Crippen molar-refractivity contribution in [3.8, 4) is 0 Å². The van der Waals surface area contributed by atoms with Crippen LogP contribution in [0.25, 0.3) is 0 Å². The molecule has 2 amide bonds. The maximum absolute atomic E-state index is 13.0. The smallest absolute Gasteiger partial charge is 0.243 e. The molecule has 8 nitrogen and oxygen atoms in total. The summed E-state index contributed by atoms with van der Waals surface area (Å²) in [5, 5.41) is 2.61. The third-order valence-corrected chi connectivity index (χ3v) is 7.27. The van der Waals surface area contributed by atoms with Gasteiger partial charge in [-0.25, -0.2) is 8.42 Å². The molecule has 0 fully saturated rings. The molecular weight excluding hydrogens is 418 g/mol. The number of nitrogens with zero attached hydrogens (tertiary/aromatic N) is 2. The number of fused-ring (bicyclic) bond motifs is 1. The van der Waals surface area contributed by atoms with Crippen LogP contribution in [0.3, 0.4) is 0 Å². The minimum atomic E-state index is -3.97. The summed E-state index contributed by atoms with van der Waals surface area (Å²) >= 11 is 0. The Morgan fingerprint density at radius 2 is 1.81 bits per heavy atom. The summed E-state index contributed by atoms with van der Waals surface area (Å²) in [4.78, 5) is 37.9. The highest BCUT2D eigenvalue weighted by molar-refractivity contribution is 7.89. The second-order valence-corrected chi connectivity index (χ2v) is 10.2. The molecule has 1 aliphatic rings. The van der Waals surface area contributed by atoms with E-state index in [1.807, 2.05) is 0 Å². The fourth-order valence-electron chi connectivity index (χ4n) is 3.60. The van der Waals surface area contributed by atoms with Gasteiger partial charge in [0.05, 0.1) is 16.9 Å². The Labute approximate surface area is 181 Å². The number of likely N-dealkylation sites (N-methyl/N-ethyl adjacent to an activating group) is 2. The van der Waals surface area contributed by atoms with Crippen LogP contribution in [0.2, 0.25) is 0 Å². The van der Waals surface area contributed by atoms with Crippen LogP contribution in [0.1, 0.15) is 36.7 Å². The van der Waals surface area contributed by atoms with E-state index in [2.05, 4.69) is 5.32 Å². The third-order valence-electron chi connectivity index (χ3n) is 5.47. The number of ketones is 1. The average molecular weight is 444 g/mol. The topological polar surface area (TPSA) is 104 Å². The predicted molar refractivity (Wildman–Crippen MR) is 118 cm³/mol. The normalized spacial score (nSPS) is 15.2. The lowest BCUT2D eigenvalue weighted by Gasteiger charge is -2.19. The largest absolute Gasteiger partial charge is 0.325 e. The number of rotatable bonds is 6. The van der Waals surface area contributed by atoms with Gasteiger partial charge in [-0.05, 0) is 56.7 Å². The number of sulfonamides is 1. The minimum Gasteiger partial charge on any atom is -0.325 e. The van der Waals surface area contributed by atoms with Crippen molar-refractivity contribution in [3.05, 3.63) is 53.6 Å². The second-order valence-electron chi connectivity index (χ2n) is 8.11. The number of carbonyl (C=O) groups is 3. The Bertz CT molecular complexity index is 1190. The molecule has 0 atom stereocenters. The quantitative estimate of drug-likeness (QED) is 0.691. The molecule has 0 unspecified atom stereocenters. The first-order chi connectivity index (χ1) is 14.4. The first-order valence-electron chi connectivity index (χ1n) is 9.65. The predicted octanol–water partition coefficient (Wildman–Crippen LogP) is 2.40. The lowest BCUT2D eigenvalue weighted by Crippen LogP contribution is -2.35. The lowest BCUT2D eigenvalue weighted by atomic mass is 9.86. The van der Waals surface area contributed by atoms with Gasteiger partial charge in [0.1, 0.15) is 0 Å². The van der Waals surface area contributed by atoms with E-state index in [0.29, 0.717) is 22.5 Å². The van der Waals surface area contributed by atoms with Gasteiger partial charge in [0, 0.05) is 31.0 Å². The highest BCUT2D eigenvalue weighted by Gasteiger charge is 2.43. The molecule has 1 aliphatic heterocycles. The number of hydrogen-bond acceptors (Lipinski definition) is 5. The summed E-state index contributed by atoms with van der Waals surface area (Å²) in [6, 6.07) is 11.0. The number of carbonyl (C=O) groups excluding carboxylic acids is 3. The molecule has 31 heavy (non-hydrogen) atoms. The number of amides is 2. The zero-order valence-corrected chi connectivity index (χ0v) is 18.9. The van der Waals surface area contributed by atoms with Crippen LogP contribution in [0.4, 0.5) is 11.4 Å². The van der Waals surface area contributed by atoms with Gasteiger partial charge in [0.15, 0.2) is 5.78 Å². The van der Waals surface area contributed by atoms with Crippen molar-refractivity contribution in [3.63, 3.8) is 0 Å². The first-order valence-corrected chi connectivity index (χ1v) is 11.1. The molecule has 0 spiro atoms. The molecular formula is C22H25N3O5S. The highest BCUT2D eigenvalue weighted by atomic mass is 32.2. The molecule has 0 saturated carbocycles. The van der Waals surface area contributed by atoms with Crippen molar-refractivity contribution in [2.24, 2.45) is 0 Å². The standard InChI is InChI=1S/C22H25N3O5S/c1-14(26)15-7-6-8-16(11-15)23-20(27)13-24(4)31(29,30)17-9-10-19-18(12-17)22(2,3)21(28)25(19)5/h6-12H,13H2,1-5H3,(H,23,27). The van der Waals surface area contributed by atoms with Crippen molar-refractivity contribution >= 4 is 39.0 Å². The number of hydrogen-bond donors (Lipinski definition) is 1. The van der Waals surface area contributed by atoms with E-state index in [1.54, 1.807) is 45.2 Å². The minimum absolute atomic E-state index is 0.0105. The Kier molecular flexibility index (Phi) is 5.77. The zero-order valence-electron chi connectivity index (χ0n) is 18.1. The molecule has 0 bridgehead atoms. The Morgan fingerprint density at radius 3 is 2.45 bits per heavy atom. The summed E-state index contributed by atoms with van der Waals surface area (Å²) in [6.45, 7) is 4.51. The van der Waals surface area contributed by atoms with Crippen molar-refractivity contribution in [1.29, 1.82) is 0 Å². The Morgan fingerprint density at radius 1 is 1.13 bits per heavy atom. The molecule has 1 heterocycles. The van der Waals surface area contributed by atoms with Crippen molar-refractivity contribution in [2.75, 3.05) is 30.9 Å². The molecule has 2 aromatic rings. The molecule has 0 aliphatic carbocycles. The monoisotopic (exact) mass is 443 g/mol. The molecule has 9 heteroatoms. The molecule has 0 saturated heterocycles. The Hall–Kier alpha value is -3.04. The van der Waals surface area contributed by atoms with Gasteiger partial charge in [-0.3, -0.25) is 14.4 Å². The van der Waals surface area contributed by atoms with Crippen LogP contribution in [0.15, 0.2) is 47.4 Å². The van der Waals surface area contributed by atoms with Crippen LogP contribution in [0, 0.1) is 0 Å². The fraction of sp³-hybridized carbons (Fsp3) is 0.318. The summed E-state index contributed by atoms with van der Waals surface area (Å²) in [6.07, 6.45) is 0. The molecule has 1 N–H and O–H groups in total. The SMILES string of the molecule is CC(=O)c1cccc(NC(=O)CN(C)S(=O)(=O)c2ccc3c(c2)C(C)(C)C(=O)N3C)c1. The van der Waals surface area contributed by atoms with Crippen molar-refractivity contribution in [1.82, 2.24) is 4.31 Å². The zero-order chi connectivity index (χ0) is 23.1. The van der Waals surface area contributed by atoms with Crippen molar-refractivity contribution in [2.45, 2.75) is 31.1 Å². The van der Waals surface area contributed by atoms with E-state index in [0.717, 1.165) is 4.31 Å². The van der Waals surface area contributed by atoms with Crippen LogP contribution in [-0.2, 0) is 25.0 Å². The van der Waals surface area contributed by atoms with Gasteiger partial charge in [-0.2, -0.15) is 4.31 Å². The van der Waals surface area contributed by atoms with E-state index in [-0.39, 0.29) is 16.6 Å². The molecule has 0 aromatic heterocycles. The van der Waals surface area contributed by atoms with Crippen LogP contribution in [-0.4, -0.2) is 51.0 Å². The molecule has 3 rings (SSSR count). The van der Waals surface area contributed by atoms with Gasteiger partial charge < -0.3 is 10.2 Å². The number of benzene rings is 2. The third kappa shape index (κ3) is 4.11. The maximum Gasteiger partial charge on any atom is 0.243 e. The summed E-state index contributed by atoms with van der Waals surface area (Å²) in [5.74, 6) is -0.791. The second kappa shape index (κ2) is 7.90. The van der Waals surface area contributed by atoms with E-state index in [4.69, 9.17) is 0 Å². The van der Waals surface area contributed by atoms with Crippen molar-refractivity contribution < 1.29 is 22.8 Å². The summed E-state index contributed by atoms with van der Waals surface area (Å²) < 4.78 is 27.0. The number of anilines is 2. The van der Waals surface area contributed by atoms with E-state index < -0.39 is 27.9 Å². The Balaban J connectivity index is 1.79. The molecule has 0 radical (unpaired) electrons. The average Bonchev–Trinajstić information content (AvgIpc) is 2.88. The van der Waals surface area contributed by atoms with Crippen LogP contribution >= 0.6 is 0 Å². The van der Waals surface area contributed by atoms with Gasteiger partial charge in [-0.15, -0.1) is 0 Å². The van der Waals surface area contributed by atoms with E-state index in [1.165, 1.54) is 37.1 Å². The fourth-order valence-corrected chi connectivity index (χ4v) is 4.75. The molecule has 2 aromatic carbocycles. The first kappa shape index (κ1) is 22.6. The van der Waals surface area contributed by atoms with Gasteiger partial charge in [0.25, 0.3) is 0 Å². The number of nitrogens with one attached hydrogen (secondary N) is 1. The van der Waals surface area contributed by atoms with Gasteiger partial charge in [-0.1, -0.05) is 12.1 Å². The summed E-state index contributed by atoms with van der Waals surface area (Å²) in [5.41, 5.74) is 1.30. The highest BCUT2D eigenvalue weighted by Crippen LogP contribution is 2.41. The summed E-state index contributed by atoms with van der Waals surface area (Å²) in [7, 11) is -0.996. The van der Waals surface area contributed by atoms with Crippen LogP contribution in [0.5, 0.6) is 0 Å². The van der Waals surface area contributed by atoms with Crippen LogP contribution < -0.4 is 10.2 Å². The molecule has 164 valence electrons. The van der Waals surface area contributed by atoms with E-state index in [9.17, 15) is 22.8 Å². The van der Waals surface area contributed by atoms with Gasteiger partial charge in [0.2, 0.25) is 21.8 Å². The lowest BCUT2D eigenvalue weighted by molar-refractivity contribution is -0.121. The van der Waals surface area contributed by atoms with E-state index >= 15 is 0 Å². The van der Waals surface area contributed by atoms with Gasteiger partial charge >= 0.3 is 0 Å². The maximum atomic E-state index is 13.0.